The molecule has 1 saturated carbocycles. The van der Waals surface area contributed by atoms with E-state index in [0.29, 0.717) is 65.8 Å². The van der Waals surface area contributed by atoms with Crippen LogP contribution in [0.2, 0.25) is 0 Å². The predicted molar refractivity (Wildman–Crippen MR) is 197 cm³/mol. The Morgan fingerprint density at radius 1 is 0.490 bits per heavy atom. The molecule has 8 nitrogen and oxygen atoms in total. The number of hydrogen-bond donors (Lipinski definition) is 2. The molecule has 0 aromatic carbocycles. The summed E-state index contributed by atoms with van der Waals surface area (Å²) in [6.07, 6.45) is 5.98. The first-order chi connectivity index (χ1) is 22.9. The molecule has 0 bridgehead atoms. The molecule has 0 aromatic heterocycles. The van der Waals surface area contributed by atoms with Crippen LogP contribution >= 0.6 is 0 Å². The van der Waals surface area contributed by atoms with Crippen LogP contribution in [0.25, 0.3) is 0 Å². The van der Waals surface area contributed by atoms with E-state index in [1.807, 2.05) is 0 Å². The van der Waals surface area contributed by atoms with Gasteiger partial charge in [-0.25, -0.2) is 0 Å². The van der Waals surface area contributed by atoms with Crippen molar-refractivity contribution in [2.75, 3.05) is 0 Å². The first-order valence-corrected chi connectivity index (χ1v) is 20.1. The van der Waals surface area contributed by atoms with Gasteiger partial charge in [-0.3, -0.25) is 14.4 Å². The minimum absolute atomic E-state index is 0.129. The summed E-state index contributed by atoms with van der Waals surface area (Å²) in [5.74, 6) is 1.34. The van der Waals surface area contributed by atoms with E-state index in [9.17, 15) is 14.4 Å². The third-order valence-corrected chi connectivity index (χ3v) is 12.1. The lowest BCUT2D eigenvalue weighted by molar-refractivity contribution is -0.172. The van der Waals surface area contributed by atoms with Crippen LogP contribution in [0.5, 0.6) is 0 Å². The SMILES string of the molecule is CC(C)C1CC(OC(=O)C(CCCC(=O)OC2CC(C(C)C)NC(C(C)C)C2)C(=O)OC2CC(C(C)C)NC(C(C)C)C2)CC(C(C)C)C1. The van der Waals surface area contributed by atoms with Crippen molar-refractivity contribution in [3.8, 4) is 0 Å². The summed E-state index contributed by atoms with van der Waals surface area (Å²) in [6.45, 7) is 26.5. The molecule has 0 radical (unpaired) electrons. The van der Waals surface area contributed by atoms with Crippen molar-refractivity contribution in [1.82, 2.24) is 10.6 Å². The zero-order chi connectivity index (χ0) is 36.6. The number of esters is 3. The van der Waals surface area contributed by atoms with Gasteiger partial charge >= 0.3 is 17.9 Å². The van der Waals surface area contributed by atoms with E-state index in [1.54, 1.807) is 0 Å². The Labute approximate surface area is 299 Å². The van der Waals surface area contributed by atoms with Gasteiger partial charge < -0.3 is 24.8 Å². The zero-order valence-corrected chi connectivity index (χ0v) is 33.3. The van der Waals surface area contributed by atoms with Gasteiger partial charge in [0.15, 0.2) is 5.92 Å². The smallest absolute Gasteiger partial charge is 0.320 e. The zero-order valence-electron chi connectivity index (χ0n) is 33.3. The van der Waals surface area contributed by atoms with Crippen molar-refractivity contribution in [3.63, 3.8) is 0 Å². The van der Waals surface area contributed by atoms with Crippen LogP contribution in [0.4, 0.5) is 0 Å². The highest BCUT2D eigenvalue weighted by Gasteiger charge is 2.40. The standard InChI is InChI=1S/C41H74N2O6/c1-23(2)29-16-30(24(3)4)18-31(17-29)48-40(45)34(41(46)49-33-21-37(27(9)10)43-38(22-33)28(11)12)14-13-15-39(44)47-32-19-35(25(5)6)42-36(20-32)26(7)8/h23-38,42-43H,13-22H2,1-12H3. The molecule has 0 spiro atoms. The Balaban J connectivity index is 1.70. The number of hydrogen-bond acceptors (Lipinski definition) is 8. The van der Waals surface area contributed by atoms with E-state index in [-0.39, 0.29) is 49.2 Å². The van der Waals surface area contributed by atoms with Crippen molar-refractivity contribution >= 4 is 17.9 Å². The predicted octanol–water partition coefficient (Wildman–Crippen LogP) is 8.10. The summed E-state index contributed by atoms with van der Waals surface area (Å²) in [4.78, 5) is 41.0. The lowest BCUT2D eigenvalue weighted by Gasteiger charge is -2.40. The first-order valence-electron chi connectivity index (χ1n) is 20.1. The van der Waals surface area contributed by atoms with Crippen LogP contribution in [0.15, 0.2) is 0 Å². The Bertz CT molecular complexity index is 941. The molecule has 3 fully saturated rings. The lowest BCUT2D eigenvalue weighted by Crippen LogP contribution is -2.53. The number of piperidine rings is 2. The van der Waals surface area contributed by atoms with Gasteiger partial charge in [0.1, 0.15) is 18.3 Å². The Kier molecular flexibility index (Phi) is 16.4. The highest BCUT2D eigenvalue weighted by Crippen LogP contribution is 2.39. The summed E-state index contributed by atoms with van der Waals surface area (Å²) >= 11 is 0. The highest BCUT2D eigenvalue weighted by molar-refractivity contribution is 5.95. The normalized spacial score (nSPS) is 31.8. The molecule has 2 N–H and O–H groups in total. The van der Waals surface area contributed by atoms with Gasteiger partial charge in [0, 0.05) is 56.3 Å². The van der Waals surface area contributed by atoms with Crippen molar-refractivity contribution in [1.29, 1.82) is 0 Å². The molecular weight excluding hydrogens is 616 g/mol. The molecule has 2 aliphatic heterocycles. The molecular formula is C41H74N2O6. The molecule has 7 unspecified atom stereocenters. The van der Waals surface area contributed by atoms with Gasteiger partial charge in [-0.05, 0) is 79.4 Å². The van der Waals surface area contributed by atoms with E-state index in [0.717, 1.165) is 44.9 Å². The van der Waals surface area contributed by atoms with Crippen LogP contribution in [-0.4, -0.2) is 60.4 Å². The fraction of sp³-hybridized carbons (Fsp3) is 0.927. The fourth-order valence-electron chi connectivity index (χ4n) is 8.26. The molecule has 3 rings (SSSR count). The van der Waals surface area contributed by atoms with Gasteiger partial charge in [-0.2, -0.15) is 0 Å². The van der Waals surface area contributed by atoms with E-state index in [1.165, 1.54) is 0 Å². The monoisotopic (exact) mass is 691 g/mol. The quantitative estimate of drug-likeness (QED) is 0.101. The number of carbonyl (C=O) groups excluding carboxylic acids is 3. The van der Waals surface area contributed by atoms with E-state index in [4.69, 9.17) is 14.2 Å². The van der Waals surface area contributed by atoms with E-state index >= 15 is 0 Å². The number of nitrogens with one attached hydrogen (secondary N) is 2. The van der Waals surface area contributed by atoms with Gasteiger partial charge in [-0.15, -0.1) is 0 Å². The van der Waals surface area contributed by atoms with Crippen molar-refractivity contribution in [2.24, 2.45) is 53.3 Å². The summed E-state index contributed by atoms with van der Waals surface area (Å²) in [5.41, 5.74) is 0. The van der Waals surface area contributed by atoms with Crippen molar-refractivity contribution in [3.05, 3.63) is 0 Å². The Morgan fingerprint density at radius 2 is 0.837 bits per heavy atom. The summed E-state index contributed by atoms with van der Waals surface area (Å²) in [7, 11) is 0. The molecule has 7 atom stereocenters. The topological polar surface area (TPSA) is 103 Å². The number of carbonyl (C=O) groups is 3. The number of rotatable bonds is 15. The van der Waals surface area contributed by atoms with Crippen LogP contribution < -0.4 is 10.6 Å². The van der Waals surface area contributed by atoms with E-state index in [2.05, 4.69) is 93.7 Å². The molecule has 3 aliphatic rings. The van der Waals surface area contributed by atoms with Crippen molar-refractivity contribution < 1.29 is 28.6 Å². The molecule has 49 heavy (non-hydrogen) atoms. The highest BCUT2D eigenvalue weighted by atomic mass is 16.6. The van der Waals surface area contributed by atoms with Gasteiger partial charge in [-0.1, -0.05) is 83.1 Å². The number of ether oxygens (including phenoxy) is 3. The second kappa shape index (κ2) is 19.2. The third kappa shape index (κ3) is 12.8. The van der Waals surface area contributed by atoms with Crippen LogP contribution in [0.1, 0.15) is 147 Å². The summed E-state index contributed by atoms with van der Waals surface area (Å²) < 4.78 is 18.4. The lowest BCUT2D eigenvalue weighted by atomic mass is 9.71. The second-order valence-electron chi connectivity index (χ2n) is 18.1. The molecule has 284 valence electrons. The fourth-order valence-corrected chi connectivity index (χ4v) is 8.26. The summed E-state index contributed by atoms with van der Waals surface area (Å²) in [5, 5.41) is 7.49. The molecule has 1 aliphatic carbocycles. The minimum atomic E-state index is -1.05. The molecule has 2 saturated heterocycles. The Hall–Kier alpha value is -1.67. The molecule has 2 heterocycles. The minimum Gasteiger partial charge on any atom is -0.462 e. The molecule has 0 aromatic rings. The third-order valence-electron chi connectivity index (χ3n) is 12.1. The van der Waals surface area contributed by atoms with Crippen molar-refractivity contribution in [2.45, 2.75) is 190 Å². The summed E-state index contributed by atoms with van der Waals surface area (Å²) in [6, 6.07) is 1.09. The van der Waals surface area contributed by atoms with Crippen LogP contribution in [0, 0.1) is 53.3 Å². The molecule has 0 amide bonds. The van der Waals surface area contributed by atoms with Crippen LogP contribution in [-0.2, 0) is 28.6 Å². The maximum absolute atomic E-state index is 13.9. The molecule has 8 heteroatoms. The van der Waals surface area contributed by atoms with Crippen LogP contribution in [0.3, 0.4) is 0 Å². The maximum Gasteiger partial charge on any atom is 0.320 e. The Morgan fingerprint density at radius 3 is 1.18 bits per heavy atom. The average Bonchev–Trinajstić information content (AvgIpc) is 3.02. The van der Waals surface area contributed by atoms with Gasteiger partial charge in [0.05, 0.1) is 0 Å². The van der Waals surface area contributed by atoms with Gasteiger partial charge in [0.25, 0.3) is 0 Å². The van der Waals surface area contributed by atoms with E-state index < -0.39 is 17.9 Å². The van der Waals surface area contributed by atoms with Gasteiger partial charge in [0.2, 0.25) is 0 Å². The average molecular weight is 691 g/mol. The second-order valence-corrected chi connectivity index (χ2v) is 18.1. The first kappa shape index (κ1) is 41.7. The largest absolute Gasteiger partial charge is 0.462 e. The maximum atomic E-state index is 13.9.